The lowest BCUT2D eigenvalue weighted by molar-refractivity contribution is 0.206. The second-order valence-corrected chi connectivity index (χ2v) is 4.76. The zero-order valence-electron chi connectivity index (χ0n) is 11.1. The van der Waals surface area contributed by atoms with Crippen LogP contribution in [0.2, 0.25) is 0 Å². The van der Waals surface area contributed by atoms with Crippen molar-refractivity contribution in [1.29, 1.82) is 0 Å². The Labute approximate surface area is 96.2 Å². The molecule has 0 heterocycles. The van der Waals surface area contributed by atoms with Gasteiger partial charge in [0, 0.05) is 13.1 Å². The Morgan fingerprint density at radius 3 is 2.20 bits per heavy atom. The van der Waals surface area contributed by atoms with Gasteiger partial charge >= 0.3 is 0 Å². The topological polar surface area (TPSA) is 29.3 Å². The molecule has 0 aromatic carbocycles. The lowest BCUT2D eigenvalue weighted by Gasteiger charge is -2.27. The van der Waals surface area contributed by atoms with E-state index in [2.05, 4.69) is 32.6 Å². The first-order chi connectivity index (χ1) is 7.17. The molecule has 0 rings (SSSR count). The van der Waals surface area contributed by atoms with Crippen molar-refractivity contribution in [2.45, 2.75) is 47.0 Å². The van der Waals surface area contributed by atoms with Crippen molar-refractivity contribution in [3.8, 4) is 0 Å². The second-order valence-electron chi connectivity index (χ2n) is 4.76. The summed E-state index contributed by atoms with van der Waals surface area (Å²) in [6.45, 7) is 13.5. The Balaban J connectivity index is 3.94. The number of rotatable bonds is 9. The van der Waals surface area contributed by atoms with Gasteiger partial charge in [0.2, 0.25) is 0 Å². The third-order valence-corrected chi connectivity index (χ3v) is 3.26. The van der Waals surface area contributed by atoms with Gasteiger partial charge in [-0.25, -0.2) is 0 Å². The average molecular weight is 214 g/mol. The third-order valence-electron chi connectivity index (χ3n) is 3.26. The van der Waals surface area contributed by atoms with Crippen LogP contribution in [0.25, 0.3) is 0 Å². The molecule has 2 N–H and O–H groups in total. The van der Waals surface area contributed by atoms with Crippen LogP contribution < -0.4 is 5.73 Å². The molecule has 0 aliphatic rings. The Morgan fingerprint density at radius 2 is 1.80 bits per heavy atom. The van der Waals surface area contributed by atoms with E-state index in [1.54, 1.807) is 0 Å². The summed E-state index contributed by atoms with van der Waals surface area (Å²) in [6.07, 6.45) is 3.80. The van der Waals surface area contributed by atoms with Gasteiger partial charge in [-0.05, 0) is 31.3 Å². The molecule has 0 bridgehead atoms. The fourth-order valence-electron chi connectivity index (χ4n) is 1.96. The smallest absolute Gasteiger partial charge is 0.00217 e. The molecule has 92 valence electrons. The van der Waals surface area contributed by atoms with E-state index in [1.165, 1.54) is 32.4 Å². The first-order valence-electron chi connectivity index (χ1n) is 6.60. The maximum atomic E-state index is 5.80. The molecule has 0 amide bonds. The highest BCUT2D eigenvalue weighted by molar-refractivity contribution is 4.67. The van der Waals surface area contributed by atoms with E-state index in [9.17, 15) is 0 Å². The summed E-state index contributed by atoms with van der Waals surface area (Å²) in [4.78, 5) is 2.56. The molecular weight excluding hydrogens is 184 g/mol. The Hall–Kier alpha value is -0.0800. The first kappa shape index (κ1) is 14.9. The number of nitrogens with zero attached hydrogens (tertiary/aromatic N) is 1. The van der Waals surface area contributed by atoms with E-state index in [1.807, 2.05) is 0 Å². The summed E-state index contributed by atoms with van der Waals surface area (Å²) in [5.74, 6) is 1.50. The normalized spacial score (nSPS) is 15.6. The molecule has 15 heavy (non-hydrogen) atoms. The molecule has 2 atom stereocenters. The molecule has 0 saturated heterocycles. The minimum atomic E-state index is 0.694. The Kier molecular flexibility index (Phi) is 9.12. The summed E-state index contributed by atoms with van der Waals surface area (Å²) >= 11 is 0. The lowest BCUT2D eigenvalue weighted by Crippen LogP contribution is -2.35. The van der Waals surface area contributed by atoms with Crippen LogP contribution >= 0.6 is 0 Å². The number of nitrogens with two attached hydrogens (primary N) is 1. The quantitative estimate of drug-likeness (QED) is 0.639. The minimum Gasteiger partial charge on any atom is -0.330 e. The monoisotopic (exact) mass is 214 g/mol. The summed E-state index contributed by atoms with van der Waals surface area (Å²) in [5.41, 5.74) is 5.80. The van der Waals surface area contributed by atoms with Gasteiger partial charge < -0.3 is 10.6 Å². The summed E-state index contributed by atoms with van der Waals surface area (Å²) < 4.78 is 0. The highest BCUT2D eigenvalue weighted by Crippen LogP contribution is 2.10. The summed E-state index contributed by atoms with van der Waals surface area (Å²) in [7, 11) is 0. The first-order valence-corrected chi connectivity index (χ1v) is 6.60. The Bertz CT molecular complexity index is 136. The van der Waals surface area contributed by atoms with Crippen LogP contribution in [0.5, 0.6) is 0 Å². The summed E-state index contributed by atoms with van der Waals surface area (Å²) in [6, 6.07) is 0. The molecule has 0 saturated carbocycles. The number of hydrogen-bond acceptors (Lipinski definition) is 2. The van der Waals surface area contributed by atoms with Crippen molar-refractivity contribution in [2.75, 3.05) is 26.2 Å². The zero-order valence-corrected chi connectivity index (χ0v) is 11.1. The van der Waals surface area contributed by atoms with Gasteiger partial charge in [-0.15, -0.1) is 0 Å². The van der Waals surface area contributed by atoms with Gasteiger partial charge in [0.25, 0.3) is 0 Å². The number of hydrogen-bond donors (Lipinski definition) is 1. The second kappa shape index (κ2) is 9.17. The standard InChI is InChI=1S/C13H30N2/c1-5-8-13(9-14)11-15(7-3)10-12(4)6-2/h12-13H,5-11,14H2,1-4H3. The third kappa shape index (κ3) is 6.91. The van der Waals surface area contributed by atoms with Crippen molar-refractivity contribution < 1.29 is 0 Å². The van der Waals surface area contributed by atoms with E-state index >= 15 is 0 Å². The largest absolute Gasteiger partial charge is 0.330 e. The van der Waals surface area contributed by atoms with E-state index in [4.69, 9.17) is 5.73 Å². The van der Waals surface area contributed by atoms with Gasteiger partial charge in [-0.2, -0.15) is 0 Å². The van der Waals surface area contributed by atoms with Gasteiger partial charge in [0.05, 0.1) is 0 Å². The van der Waals surface area contributed by atoms with Crippen LogP contribution in [0.3, 0.4) is 0 Å². The van der Waals surface area contributed by atoms with E-state index in [0.717, 1.165) is 19.0 Å². The lowest BCUT2D eigenvalue weighted by atomic mass is 10.0. The van der Waals surface area contributed by atoms with E-state index < -0.39 is 0 Å². The van der Waals surface area contributed by atoms with Crippen LogP contribution in [0.15, 0.2) is 0 Å². The molecule has 0 aliphatic heterocycles. The van der Waals surface area contributed by atoms with Crippen molar-refractivity contribution in [2.24, 2.45) is 17.6 Å². The van der Waals surface area contributed by atoms with E-state index in [-0.39, 0.29) is 0 Å². The van der Waals surface area contributed by atoms with Crippen LogP contribution in [-0.2, 0) is 0 Å². The van der Waals surface area contributed by atoms with Crippen LogP contribution in [0.4, 0.5) is 0 Å². The molecule has 0 spiro atoms. The predicted molar refractivity (Wildman–Crippen MR) is 69.0 cm³/mol. The molecular formula is C13H30N2. The maximum absolute atomic E-state index is 5.80. The molecule has 0 aromatic heterocycles. The molecule has 0 radical (unpaired) electrons. The van der Waals surface area contributed by atoms with Gasteiger partial charge in [-0.3, -0.25) is 0 Å². The fraction of sp³-hybridized carbons (Fsp3) is 1.00. The molecule has 2 nitrogen and oxygen atoms in total. The van der Waals surface area contributed by atoms with Crippen molar-refractivity contribution in [3.05, 3.63) is 0 Å². The molecule has 0 aliphatic carbocycles. The van der Waals surface area contributed by atoms with Gasteiger partial charge in [-0.1, -0.05) is 40.5 Å². The van der Waals surface area contributed by atoms with Crippen molar-refractivity contribution in [1.82, 2.24) is 4.90 Å². The maximum Gasteiger partial charge on any atom is 0.00217 e. The van der Waals surface area contributed by atoms with Crippen LogP contribution in [0.1, 0.15) is 47.0 Å². The SMILES string of the molecule is CCCC(CN)CN(CC)CC(C)CC. The highest BCUT2D eigenvalue weighted by Gasteiger charge is 2.12. The Morgan fingerprint density at radius 1 is 1.13 bits per heavy atom. The van der Waals surface area contributed by atoms with Crippen LogP contribution in [-0.4, -0.2) is 31.1 Å². The fourth-order valence-corrected chi connectivity index (χ4v) is 1.96. The highest BCUT2D eigenvalue weighted by atomic mass is 15.1. The van der Waals surface area contributed by atoms with Gasteiger partial charge in [0.15, 0.2) is 0 Å². The molecule has 2 heteroatoms. The minimum absolute atomic E-state index is 0.694. The molecule has 0 aromatic rings. The summed E-state index contributed by atoms with van der Waals surface area (Å²) in [5, 5.41) is 0. The van der Waals surface area contributed by atoms with E-state index in [0.29, 0.717) is 5.92 Å². The molecule has 0 fully saturated rings. The molecule has 2 unspecified atom stereocenters. The predicted octanol–water partition coefficient (Wildman–Crippen LogP) is 2.73. The zero-order chi connectivity index (χ0) is 11.7. The van der Waals surface area contributed by atoms with Crippen LogP contribution in [0, 0.1) is 11.8 Å². The van der Waals surface area contributed by atoms with Crippen molar-refractivity contribution >= 4 is 0 Å². The average Bonchev–Trinajstić information content (AvgIpc) is 2.26. The van der Waals surface area contributed by atoms with Gasteiger partial charge in [0.1, 0.15) is 0 Å². The van der Waals surface area contributed by atoms with Crippen molar-refractivity contribution in [3.63, 3.8) is 0 Å².